The number of aliphatic hydroxyl groups is 1. The molecule has 0 bridgehead atoms. The Morgan fingerprint density at radius 1 is 1.28 bits per heavy atom. The number of thiazole rings is 1. The number of hydrogen-bond donors (Lipinski definition) is 1. The molecule has 1 aliphatic heterocycles. The molecule has 2 heterocycles. The standard InChI is InChI=1S/C21H24FN3O3S/c1-12-20(29-13(2)23-12)18(26)16-17(14-6-8-15(22)9-7-14)25(21(28)19(16)27)11-5-10-24(3)4/h6-9,17,27H,5,10-11H2,1-4H3/t17-/m0/s1. The first-order valence-electron chi connectivity index (χ1n) is 9.33. The van der Waals surface area contributed by atoms with Gasteiger partial charge < -0.3 is 14.9 Å². The molecule has 29 heavy (non-hydrogen) atoms. The van der Waals surface area contributed by atoms with Gasteiger partial charge in [0.2, 0.25) is 5.78 Å². The average Bonchev–Trinajstić information content (AvgIpc) is 3.12. The van der Waals surface area contributed by atoms with E-state index in [1.807, 2.05) is 19.0 Å². The van der Waals surface area contributed by atoms with Gasteiger partial charge in [-0.3, -0.25) is 9.59 Å². The highest BCUT2D eigenvalue weighted by molar-refractivity contribution is 7.14. The molecular weight excluding hydrogens is 393 g/mol. The van der Waals surface area contributed by atoms with Crippen molar-refractivity contribution in [2.75, 3.05) is 27.2 Å². The van der Waals surface area contributed by atoms with Crippen LogP contribution >= 0.6 is 11.3 Å². The number of halogens is 1. The van der Waals surface area contributed by atoms with Crippen molar-refractivity contribution in [3.63, 3.8) is 0 Å². The first-order chi connectivity index (χ1) is 13.7. The Hall–Kier alpha value is -2.58. The summed E-state index contributed by atoms with van der Waals surface area (Å²) in [6.45, 7) is 4.64. The van der Waals surface area contributed by atoms with Gasteiger partial charge in [0.15, 0.2) is 5.76 Å². The molecule has 0 spiro atoms. The van der Waals surface area contributed by atoms with Gasteiger partial charge in [-0.25, -0.2) is 9.37 Å². The van der Waals surface area contributed by atoms with Gasteiger partial charge in [0.05, 0.1) is 27.2 Å². The first kappa shape index (κ1) is 21.1. The van der Waals surface area contributed by atoms with Crippen LogP contribution in [0.25, 0.3) is 0 Å². The molecule has 0 fully saturated rings. The lowest BCUT2D eigenvalue weighted by atomic mass is 9.95. The van der Waals surface area contributed by atoms with Crippen molar-refractivity contribution in [1.82, 2.24) is 14.8 Å². The number of Topliss-reactive ketones (excluding diaryl/α,β-unsaturated/α-hetero) is 1. The smallest absolute Gasteiger partial charge is 0.290 e. The largest absolute Gasteiger partial charge is 0.503 e. The molecule has 1 N–H and O–H groups in total. The molecule has 1 atom stereocenters. The van der Waals surface area contributed by atoms with Crippen LogP contribution in [0.1, 0.15) is 38.4 Å². The minimum Gasteiger partial charge on any atom is -0.503 e. The second-order valence-electron chi connectivity index (χ2n) is 7.35. The van der Waals surface area contributed by atoms with E-state index in [0.717, 1.165) is 11.6 Å². The molecule has 0 saturated carbocycles. The predicted octanol–water partition coefficient (Wildman–Crippen LogP) is 3.43. The Morgan fingerprint density at radius 2 is 1.93 bits per heavy atom. The molecule has 1 aromatic heterocycles. The molecule has 1 aromatic carbocycles. The molecule has 2 aromatic rings. The summed E-state index contributed by atoms with van der Waals surface area (Å²) in [7, 11) is 3.87. The third-order valence-corrected chi connectivity index (χ3v) is 5.92. The molecule has 0 unspecified atom stereocenters. The number of aliphatic hydroxyl groups excluding tert-OH is 1. The normalized spacial score (nSPS) is 17.0. The maximum atomic E-state index is 13.5. The van der Waals surface area contributed by atoms with E-state index in [9.17, 15) is 19.1 Å². The second kappa shape index (κ2) is 8.42. The zero-order chi connectivity index (χ0) is 21.3. The fourth-order valence-electron chi connectivity index (χ4n) is 3.53. The van der Waals surface area contributed by atoms with Gasteiger partial charge in [-0.2, -0.15) is 0 Å². The van der Waals surface area contributed by atoms with Crippen LogP contribution < -0.4 is 0 Å². The van der Waals surface area contributed by atoms with Crippen LogP contribution in [0.5, 0.6) is 0 Å². The number of carbonyl (C=O) groups excluding carboxylic acids is 2. The molecule has 1 amide bonds. The number of benzene rings is 1. The van der Waals surface area contributed by atoms with Gasteiger partial charge >= 0.3 is 0 Å². The van der Waals surface area contributed by atoms with Crippen LogP contribution in [-0.4, -0.2) is 58.8 Å². The second-order valence-corrected chi connectivity index (χ2v) is 8.55. The van der Waals surface area contributed by atoms with E-state index in [0.29, 0.717) is 29.1 Å². The topological polar surface area (TPSA) is 73.7 Å². The average molecular weight is 418 g/mol. The number of rotatable bonds is 7. The van der Waals surface area contributed by atoms with Crippen molar-refractivity contribution in [2.24, 2.45) is 0 Å². The van der Waals surface area contributed by atoms with Gasteiger partial charge in [-0.05, 0) is 58.6 Å². The summed E-state index contributed by atoms with van der Waals surface area (Å²) in [4.78, 5) is 34.3. The summed E-state index contributed by atoms with van der Waals surface area (Å²) >= 11 is 1.23. The van der Waals surface area contributed by atoms with Crippen molar-refractivity contribution >= 4 is 23.0 Å². The Balaban J connectivity index is 2.03. The van der Waals surface area contributed by atoms with Crippen LogP contribution in [0.2, 0.25) is 0 Å². The number of ketones is 1. The molecule has 0 aliphatic carbocycles. The van der Waals surface area contributed by atoms with Gasteiger partial charge in [-0.1, -0.05) is 12.1 Å². The van der Waals surface area contributed by atoms with Gasteiger partial charge in [0.25, 0.3) is 5.91 Å². The van der Waals surface area contributed by atoms with Crippen molar-refractivity contribution in [3.8, 4) is 0 Å². The number of nitrogens with zero attached hydrogens (tertiary/aromatic N) is 3. The van der Waals surface area contributed by atoms with E-state index in [4.69, 9.17) is 0 Å². The fraction of sp³-hybridized carbons (Fsp3) is 0.381. The van der Waals surface area contributed by atoms with E-state index in [-0.39, 0.29) is 5.57 Å². The zero-order valence-electron chi connectivity index (χ0n) is 16.9. The van der Waals surface area contributed by atoms with Gasteiger partial charge in [0, 0.05) is 6.54 Å². The highest BCUT2D eigenvalue weighted by Crippen LogP contribution is 2.40. The van der Waals surface area contributed by atoms with Crippen LogP contribution in [0.15, 0.2) is 35.6 Å². The number of aryl methyl sites for hydroxylation is 2. The number of amides is 1. The zero-order valence-corrected chi connectivity index (χ0v) is 17.7. The van der Waals surface area contributed by atoms with Crippen LogP contribution in [0, 0.1) is 19.7 Å². The molecule has 8 heteroatoms. The van der Waals surface area contributed by atoms with E-state index in [1.165, 1.54) is 28.4 Å². The molecule has 0 radical (unpaired) electrons. The van der Waals surface area contributed by atoms with Gasteiger partial charge in [-0.15, -0.1) is 11.3 Å². The Morgan fingerprint density at radius 3 is 2.48 bits per heavy atom. The minimum atomic E-state index is -0.764. The van der Waals surface area contributed by atoms with Gasteiger partial charge in [0.1, 0.15) is 5.82 Å². The van der Waals surface area contributed by atoms with E-state index >= 15 is 0 Å². The maximum absolute atomic E-state index is 13.5. The Kier molecular flexibility index (Phi) is 6.14. The van der Waals surface area contributed by atoms with Crippen LogP contribution in [-0.2, 0) is 4.79 Å². The minimum absolute atomic E-state index is 0.0261. The monoisotopic (exact) mass is 417 g/mol. The molecule has 154 valence electrons. The van der Waals surface area contributed by atoms with Crippen molar-refractivity contribution < 1.29 is 19.1 Å². The summed E-state index contributed by atoms with van der Waals surface area (Å²) in [6.07, 6.45) is 0.671. The van der Waals surface area contributed by atoms with Crippen LogP contribution in [0.3, 0.4) is 0 Å². The molecular formula is C21H24FN3O3S. The third-order valence-electron chi connectivity index (χ3n) is 4.85. The number of aromatic nitrogens is 1. The lowest BCUT2D eigenvalue weighted by Gasteiger charge is -2.27. The Labute approximate surface area is 173 Å². The highest BCUT2D eigenvalue weighted by atomic mass is 32.1. The number of hydrogen-bond acceptors (Lipinski definition) is 6. The van der Waals surface area contributed by atoms with E-state index in [2.05, 4.69) is 4.98 Å². The summed E-state index contributed by atoms with van der Waals surface area (Å²) in [5, 5.41) is 11.4. The number of carbonyl (C=O) groups is 2. The summed E-state index contributed by atoms with van der Waals surface area (Å²) in [5.74, 6) is -1.95. The molecule has 0 saturated heterocycles. The van der Waals surface area contributed by atoms with Crippen molar-refractivity contribution in [2.45, 2.75) is 26.3 Å². The molecule has 6 nitrogen and oxygen atoms in total. The third kappa shape index (κ3) is 4.23. The summed E-state index contributed by atoms with van der Waals surface area (Å²) in [6, 6.07) is 4.90. The van der Waals surface area contributed by atoms with Crippen molar-refractivity contribution in [3.05, 3.63) is 62.6 Å². The lowest BCUT2D eigenvalue weighted by molar-refractivity contribution is -0.129. The lowest BCUT2D eigenvalue weighted by Crippen LogP contribution is -2.33. The Bertz CT molecular complexity index is 966. The molecule has 3 rings (SSSR count). The maximum Gasteiger partial charge on any atom is 0.290 e. The van der Waals surface area contributed by atoms with E-state index in [1.54, 1.807) is 26.0 Å². The quantitative estimate of drug-likeness (QED) is 0.699. The highest BCUT2D eigenvalue weighted by Gasteiger charge is 2.44. The summed E-state index contributed by atoms with van der Waals surface area (Å²) < 4.78 is 13.5. The van der Waals surface area contributed by atoms with Crippen molar-refractivity contribution in [1.29, 1.82) is 0 Å². The fourth-order valence-corrected chi connectivity index (χ4v) is 4.40. The predicted molar refractivity (Wildman–Crippen MR) is 110 cm³/mol. The van der Waals surface area contributed by atoms with Crippen LogP contribution in [0.4, 0.5) is 4.39 Å². The molecule has 1 aliphatic rings. The SMILES string of the molecule is Cc1nc(C)c(C(=O)C2=C(O)C(=O)N(CCCN(C)C)[C@H]2c2ccc(F)cc2)s1. The first-order valence-corrected chi connectivity index (χ1v) is 10.2. The van der Waals surface area contributed by atoms with E-state index < -0.39 is 29.3 Å². The summed E-state index contributed by atoms with van der Waals surface area (Å²) in [5.41, 5.74) is 1.17.